The van der Waals surface area contributed by atoms with Crippen LogP contribution in [-0.4, -0.2) is 6.29 Å². The number of hydrogen-bond acceptors (Lipinski definition) is 3. The Morgan fingerprint density at radius 1 is 0.571 bits per heavy atom. The number of para-hydroxylation sites is 2. The van der Waals surface area contributed by atoms with Crippen molar-refractivity contribution in [1.82, 2.24) is 0 Å². The molecule has 4 rings (SSSR count). The van der Waals surface area contributed by atoms with Gasteiger partial charge in [0.05, 0.1) is 17.1 Å². The first-order valence-electron chi connectivity index (χ1n) is 9.16. The molecule has 136 valence electrons. The van der Waals surface area contributed by atoms with Crippen LogP contribution < -0.4 is 10.4 Å². The van der Waals surface area contributed by atoms with E-state index >= 15 is 0 Å². The average molecular weight is 364 g/mol. The molecule has 0 bridgehead atoms. The van der Waals surface area contributed by atoms with Crippen molar-refractivity contribution in [1.29, 1.82) is 0 Å². The molecule has 0 saturated heterocycles. The van der Waals surface area contributed by atoms with Gasteiger partial charge in [0.2, 0.25) is 0 Å². The van der Waals surface area contributed by atoms with Crippen LogP contribution >= 0.6 is 0 Å². The lowest BCUT2D eigenvalue weighted by Gasteiger charge is -2.27. The molecular weight excluding hydrogens is 344 g/mol. The van der Waals surface area contributed by atoms with Gasteiger partial charge in [0, 0.05) is 5.56 Å². The maximum atomic E-state index is 10.8. The fourth-order valence-electron chi connectivity index (χ4n) is 3.05. The normalized spacial score (nSPS) is 10.3. The molecule has 4 aromatic carbocycles. The monoisotopic (exact) mass is 364 g/mol. The van der Waals surface area contributed by atoms with Crippen LogP contribution in [0.3, 0.4) is 0 Å². The van der Waals surface area contributed by atoms with Crippen LogP contribution in [0.15, 0.2) is 109 Å². The van der Waals surface area contributed by atoms with E-state index in [1.165, 1.54) is 0 Å². The third-order valence-corrected chi connectivity index (χ3v) is 4.53. The lowest BCUT2D eigenvalue weighted by molar-refractivity contribution is 0.112. The van der Waals surface area contributed by atoms with Crippen LogP contribution in [0.5, 0.6) is 0 Å². The molecule has 0 atom stereocenters. The quantitative estimate of drug-likeness (QED) is 0.320. The van der Waals surface area contributed by atoms with Crippen molar-refractivity contribution in [3.63, 3.8) is 0 Å². The van der Waals surface area contributed by atoms with Gasteiger partial charge in [-0.2, -0.15) is 0 Å². The number of carbonyl (C=O) groups is 1. The van der Waals surface area contributed by atoms with Crippen LogP contribution in [-0.2, 0) is 0 Å². The summed E-state index contributed by atoms with van der Waals surface area (Å²) in [6.07, 6.45) is 0.861. The standard InChI is InChI=1S/C25H20N2O/c28-19-20-11-13-21(14-12-20)22-15-17-25(18-16-22)27(24-9-5-2-6-10-24)26-23-7-3-1-4-8-23/h1-19,26H. The highest BCUT2D eigenvalue weighted by atomic mass is 16.1. The van der Waals surface area contributed by atoms with E-state index in [4.69, 9.17) is 0 Å². The molecule has 28 heavy (non-hydrogen) atoms. The second-order valence-corrected chi connectivity index (χ2v) is 6.44. The summed E-state index contributed by atoms with van der Waals surface area (Å²) in [6, 6.07) is 36.3. The van der Waals surface area contributed by atoms with Crippen molar-refractivity contribution in [2.24, 2.45) is 0 Å². The van der Waals surface area contributed by atoms with Gasteiger partial charge in [0.15, 0.2) is 0 Å². The van der Waals surface area contributed by atoms with Gasteiger partial charge in [-0.1, -0.05) is 72.8 Å². The summed E-state index contributed by atoms with van der Waals surface area (Å²) in [5, 5.41) is 2.06. The summed E-state index contributed by atoms with van der Waals surface area (Å²) in [5.74, 6) is 0. The topological polar surface area (TPSA) is 32.3 Å². The maximum absolute atomic E-state index is 10.8. The smallest absolute Gasteiger partial charge is 0.150 e. The number of hydrazine groups is 1. The maximum Gasteiger partial charge on any atom is 0.150 e. The van der Waals surface area contributed by atoms with Gasteiger partial charge in [0.25, 0.3) is 0 Å². The van der Waals surface area contributed by atoms with Crippen molar-refractivity contribution in [3.8, 4) is 11.1 Å². The van der Waals surface area contributed by atoms with Gasteiger partial charge >= 0.3 is 0 Å². The molecule has 0 aliphatic carbocycles. The Bertz CT molecular complexity index is 1030. The van der Waals surface area contributed by atoms with E-state index in [-0.39, 0.29) is 0 Å². The summed E-state index contributed by atoms with van der Waals surface area (Å²) in [4.78, 5) is 10.8. The molecule has 4 aromatic rings. The third kappa shape index (κ3) is 3.94. The minimum atomic E-state index is 0.683. The van der Waals surface area contributed by atoms with Crippen LogP contribution in [0.2, 0.25) is 0 Å². The Kier molecular flexibility index (Phi) is 5.16. The lowest BCUT2D eigenvalue weighted by atomic mass is 10.0. The first kappa shape index (κ1) is 17.6. The molecule has 0 radical (unpaired) electrons. The van der Waals surface area contributed by atoms with Gasteiger partial charge in [-0.25, -0.2) is 0 Å². The summed E-state index contributed by atoms with van der Waals surface area (Å²) < 4.78 is 0. The van der Waals surface area contributed by atoms with Crippen LogP contribution in [0.1, 0.15) is 10.4 Å². The summed E-state index contributed by atoms with van der Waals surface area (Å²) in [6.45, 7) is 0. The highest BCUT2D eigenvalue weighted by Crippen LogP contribution is 2.29. The Morgan fingerprint density at radius 3 is 1.64 bits per heavy atom. The average Bonchev–Trinajstić information content (AvgIpc) is 2.79. The molecule has 0 aromatic heterocycles. The molecule has 0 heterocycles. The van der Waals surface area contributed by atoms with E-state index in [2.05, 4.69) is 46.8 Å². The van der Waals surface area contributed by atoms with Crippen molar-refractivity contribution < 1.29 is 4.79 Å². The number of nitrogens with zero attached hydrogens (tertiary/aromatic N) is 1. The van der Waals surface area contributed by atoms with Crippen LogP contribution in [0.4, 0.5) is 17.1 Å². The number of carbonyl (C=O) groups excluding carboxylic acids is 1. The predicted octanol–water partition coefficient (Wildman–Crippen LogP) is 6.33. The number of benzene rings is 4. The third-order valence-electron chi connectivity index (χ3n) is 4.53. The number of rotatable bonds is 6. The summed E-state index contributed by atoms with van der Waals surface area (Å²) >= 11 is 0. The van der Waals surface area contributed by atoms with E-state index in [0.29, 0.717) is 5.56 Å². The second kappa shape index (κ2) is 8.23. The molecule has 0 unspecified atom stereocenters. The summed E-state index contributed by atoms with van der Waals surface area (Å²) in [5.41, 5.74) is 9.45. The van der Waals surface area contributed by atoms with E-state index in [1.807, 2.05) is 72.8 Å². The SMILES string of the molecule is O=Cc1ccc(-c2ccc(N(Nc3ccccc3)c3ccccc3)cc2)cc1. The molecule has 0 amide bonds. The van der Waals surface area contributed by atoms with Crippen LogP contribution in [0.25, 0.3) is 11.1 Å². The van der Waals surface area contributed by atoms with E-state index < -0.39 is 0 Å². The first-order chi connectivity index (χ1) is 13.8. The fourth-order valence-corrected chi connectivity index (χ4v) is 3.05. The zero-order valence-electron chi connectivity index (χ0n) is 15.3. The largest absolute Gasteiger partial charge is 0.298 e. The molecule has 0 aliphatic heterocycles. The Balaban J connectivity index is 1.65. The van der Waals surface area contributed by atoms with E-state index in [1.54, 1.807) is 0 Å². The van der Waals surface area contributed by atoms with Crippen molar-refractivity contribution >= 4 is 23.3 Å². The summed E-state index contributed by atoms with van der Waals surface area (Å²) in [7, 11) is 0. The van der Waals surface area contributed by atoms with Gasteiger partial charge in [-0.05, 0) is 47.5 Å². The Morgan fingerprint density at radius 2 is 1.07 bits per heavy atom. The molecule has 1 N–H and O–H groups in total. The lowest BCUT2D eigenvalue weighted by Crippen LogP contribution is -2.24. The van der Waals surface area contributed by atoms with Gasteiger partial charge in [-0.15, -0.1) is 0 Å². The van der Waals surface area contributed by atoms with E-state index in [9.17, 15) is 4.79 Å². The van der Waals surface area contributed by atoms with Crippen molar-refractivity contribution in [3.05, 3.63) is 115 Å². The Labute approximate surface area is 164 Å². The molecule has 3 heteroatoms. The molecule has 3 nitrogen and oxygen atoms in total. The number of aldehydes is 1. The molecule has 0 spiro atoms. The van der Waals surface area contributed by atoms with E-state index in [0.717, 1.165) is 34.5 Å². The van der Waals surface area contributed by atoms with Crippen molar-refractivity contribution in [2.45, 2.75) is 0 Å². The second-order valence-electron chi connectivity index (χ2n) is 6.44. The predicted molar refractivity (Wildman–Crippen MR) is 116 cm³/mol. The Hall–Kier alpha value is -3.85. The first-order valence-corrected chi connectivity index (χ1v) is 9.16. The van der Waals surface area contributed by atoms with Gasteiger partial charge in [0.1, 0.15) is 6.29 Å². The zero-order valence-corrected chi connectivity index (χ0v) is 15.3. The van der Waals surface area contributed by atoms with Gasteiger partial charge in [-0.3, -0.25) is 15.2 Å². The molecular formula is C25H20N2O. The number of nitrogens with one attached hydrogen (secondary N) is 1. The molecule has 0 fully saturated rings. The minimum Gasteiger partial charge on any atom is -0.298 e. The molecule has 0 aliphatic rings. The highest BCUT2D eigenvalue weighted by Gasteiger charge is 2.10. The molecule has 0 saturated carbocycles. The zero-order chi connectivity index (χ0) is 19.2. The van der Waals surface area contributed by atoms with Gasteiger partial charge < -0.3 is 0 Å². The minimum absolute atomic E-state index is 0.683. The highest BCUT2D eigenvalue weighted by molar-refractivity contribution is 5.77. The van der Waals surface area contributed by atoms with Crippen LogP contribution in [0, 0.1) is 0 Å². The number of anilines is 3. The van der Waals surface area contributed by atoms with Crippen molar-refractivity contribution in [2.75, 3.05) is 10.4 Å². The number of hydrogen-bond donors (Lipinski definition) is 1. The fraction of sp³-hybridized carbons (Fsp3) is 0.